The van der Waals surface area contributed by atoms with Crippen molar-refractivity contribution in [2.75, 3.05) is 0 Å². The first-order chi connectivity index (χ1) is 4.54. The molecule has 0 aromatic heterocycles. The third-order valence-corrected chi connectivity index (χ3v) is 0.349. The minimum absolute atomic E-state index is 0. The van der Waals surface area contributed by atoms with Crippen LogP contribution in [0.25, 0.3) is 0 Å². The molecule has 0 aromatic carbocycles. The van der Waals surface area contributed by atoms with Crippen LogP contribution in [0.15, 0.2) is 25.3 Å². The van der Waals surface area contributed by atoms with E-state index in [1.54, 1.807) is 0 Å². The molecular formula is C6H8O4Pb. The maximum absolute atomic E-state index is 9.25. The van der Waals surface area contributed by atoms with Gasteiger partial charge in [-0.15, -0.1) is 0 Å². The van der Waals surface area contributed by atoms with Crippen LogP contribution in [-0.2, 0) is 9.59 Å². The molecule has 0 rings (SSSR count). The molecule has 0 aliphatic carbocycles. The second-order valence-electron chi connectivity index (χ2n) is 1.08. The Labute approximate surface area is 84.4 Å². The van der Waals surface area contributed by atoms with Gasteiger partial charge in [0.05, 0.1) is 0 Å². The van der Waals surface area contributed by atoms with Crippen molar-refractivity contribution in [1.29, 1.82) is 0 Å². The molecule has 0 fully saturated rings. The normalized spacial score (nSPS) is 5.82. The molecule has 0 aromatic rings. The van der Waals surface area contributed by atoms with E-state index in [9.17, 15) is 9.59 Å². The molecule has 11 heavy (non-hydrogen) atoms. The molecule has 0 spiro atoms. The van der Waals surface area contributed by atoms with E-state index in [0.717, 1.165) is 12.2 Å². The molecule has 0 bridgehead atoms. The van der Waals surface area contributed by atoms with Gasteiger partial charge >= 0.3 is 11.9 Å². The van der Waals surface area contributed by atoms with Gasteiger partial charge in [0.1, 0.15) is 0 Å². The van der Waals surface area contributed by atoms with E-state index in [1.807, 2.05) is 0 Å². The van der Waals surface area contributed by atoms with Crippen LogP contribution in [0.1, 0.15) is 0 Å². The van der Waals surface area contributed by atoms with Gasteiger partial charge in [-0.05, 0) is 0 Å². The van der Waals surface area contributed by atoms with Crippen LogP contribution < -0.4 is 0 Å². The Morgan fingerprint density at radius 3 is 1.09 bits per heavy atom. The van der Waals surface area contributed by atoms with Gasteiger partial charge in [0, 0.05) is 39.5 Å². The molecule has 0 saturated heterocycles. The fraction of sp³-hybridized carbons (Fsp3) is 0. The number of carboxylic acid groups (broad SMARTS) is 2. The number of aliphatic carboxylic acids is 2. The van der Waals surface area contributed by atoms with E-state index >= 15 is 0 Å². The Kier molecular flexibility index (Phi) is 18.4. The van der Waals surface area contributed by atoms with Crippen LogP contribution >= 0.6 is 0 Å². The summed E-state index contributed by atoms with van der Waals surface area (Å²) in [5.41, 5.74) is 0. The molecule has 2 N–H and O–H groups in total. The largest absolute Gasteiger partial charge is 0.478 e. The zero-order chi connectivity index (χ0) is 8.57. The van der Waals surface area contributed by atoms with Crippen molar-refractivity contribution in [3.8, 4) is 0 Å². The fourth-order valence-corrected chi connectivity index (χ4v) is 0. The molecule has 0 unspecified atom stereocenters. The van der Waals surface area contributed by atoms with Crippen LogP contribution in [-0.4, -0.2) is 49.5 Å². The Bertz CT molecular complexity index is 135. The predicted octanol–water partition coefficient (Wildman–Crippen LogP) is 0.133. The molecule has 0 heterocycles. The van der Waals surface area contributed by atoms with Gasteiger partial charge in [0.2, 0.25) is 0 Å². The minimum Gasteiger partial charge on any atom is -0.478 e. The molecule has 0 atom stereocenters. The first-order valence-corrected chi connectivity index (χ1v) is 2.25. The van der Waals surface area contributed by atoms with Gasteiger partial charge in [-0.2, -0.15) is 0 Å². The minimum atomic E-state index is -0.981. The maximum atomic E-state index is 9.25. The van der Waals surface area contributed by atoms with E-state index in [1.165, 1.54) is 0 Å². The fourth-order valence-electron chi connectivity index (χ4n) is 0. The van der Waals surface area contributed by atoms with Crippen molar-refractivity contribution in [3.63, 3.8) is 0 Å². The number of rotatable bonds is 2. The van der Waals surface area contributed by atoms with E-state index in [4.69, 9.17) is 10.2 Å². The topological polar surface area (TPSA) is 74.6 Å². The van der Waals surface area contributed by atoms with Crippen molar-refractivity contribution >= 4 is 39.2 Å². The number of carboxylic acids is 2. The summed E-state index contributed by atoms with van der Waals surface area (Å²) in [5.74, 6) is -1.96. The standard InChI is InChI=1S/2C3H4O2.Pb/c2*1-2-3(4)5;/h2*2H,1H2,(H,4,5);. The van der Waals surface area contributed by atoms with Gasteiger partial charge < -0.3 is 10.2 Å². The number of hydrogen-bond donors (Lipinski definition) is 2. The quantitative estimate of drug-likeness (QED) is 0.548. The molecule has 5 heteroatoms. The zero-order valence-corrected chi connectivity index (χ0v) is 9.67. The summed E-state index contributed by atoms with van der Waals surface area (Å²) in [6.07, 6.45) is 1.67. The Morgan fingerprint density at radius 1 is 1.00 bits per heavy atom. The third-order valence-electron chi connectivity index (χ3n) is 0.349. The average Bonchev–Trinajstić information content (AvgIpc) is 1.89. The first kappa shape index (κ1) is 16.7. The molecule has 0 aliphatic heterocycles. The summed E-state index contributed by atoms with van der Waals surface area (Å²) < 4.78 is 0. The summed E-state index contributed by atoms with van der Waals surface area (Å²) in [6, 6.07) is 0. The SMILES string of the molecule is C=CC(=O)O.C=CC(=O)O.[Pb]. The molecule has 0 aliphatic rings. The summed E-state index contributed by atoms with van der Waals surface area (Å²) in [7, 11) is 0. The molecular weight excluding hydrogens is 343 g/mol. The second kappa shape index (κ2) is 12.1. The van der Waals surface area contributed by atoms with Gasteiger partial charge in [0.25, 0.3) is 0 Å². The number of hydrogen-bond acceptors (Lipinski definition) is 2. The van der Waals surface area contributed by atoms with Crippen molar-refractivity contribution in [2.24, 2.45) is 0 Å². The Hall–Kier alpha value is -0.658. The van der Waals surface area contributed by atoms with Crippen molar-refractivity contribution < 1.29 is 19.8 Å². The average molecular weight is 351 g/mol. The predicted molar refractivity (Wildman–Crippen MR) is 41.4 cm³/mol. The van der Waals surface area contributed by atoms with Crippen molar-refractivity contribution in [2.45, 2.75) is 0 Å². The van der Waals surface area contributed by atoms with Crippen LogP contribution in [0.4, 0.5) is 0 Å². The van der Waals surface area contributed by atoms with Crippen LogP contribution in [0.2, 0.25) is 0 Å². The summed E-state index contributed by atoms with van der Waals surface area (Å²) in [6.45, 7) is 5.92. The first-order valence-electron chi connectivity index (χ1n) is 2.25. The Balaban J connectivity index is -0.000000107. The van der Waals surface area contributed by atoms with Crippen LogP contribution in [0, 0.1) is 0 Å². The summed E-state index contributed by atoms with van der Waals surface area (Å²) in [4.78, 5) is 18.5. The van der Waals surface area contributed by atoms with Gasteiger partial charge in [0.15, 0.2) is 0 Å². The van der Waals surface area contributed by atoms with E-state index in [2.05, 4.69) is 13.2 Å². The molecule has 4 nitrogen and oxygen atoms in total. The van der Waals surface area contributed by atoms with Crippen molar-refractivity contribution in [3.05, 3.63) is 25.3 Å². The Morgan fingerprint density at radius 2 is 1.09 bits per heavy atom. The third kappa shape index (κ3) is 45.1. The number of carbonyl (C=O) groups is 2. The smallest absolute Gasteiger partial charge is 0.327 e. The maximum Gasteiger partial charge on any atom is 0.327 e. The van der Waals surface area contributed by atoms with Crippen molar-refractivity contribution in [1.82, 2.24) is 0 Å². The molecule has 4 radical (unpaired) electrons. The van der Waals surface area contributed by atoms with Gasteiger partial charge in [-0.3, -0.25) is 0 Å². The van der Waals surface area contributed by atoms with Gasteiger partial charge in [-0.25, -0.2) is 9.59 Å². The van der Waals surface area contributed by atoms with Crippen LogP contribution in [0.5, 0.6) is 0 Å². The zero-order valence-electron chi connectivity index (χ0n) is 5.78. The van der Waals surface area contributed by atoms with E-state index < -0.39 is 11.9 Å². The monoisotopic (exact) mass is 352 g/mol. The van der Waals surface area contributed by atoms with Gasteiger partial charge in [-0.1, -0.05) is 13.2 Å². The molecule has 60 valence electrons. The van der Waals surface area contributed by atoms with E-state index in [-0.39, 0.29) is 27.3 Å². The van der Waals surface area contributed by atoms with E-state index in [0.29, 0.717) is 0 Å². The second-order valence-corrected chi connectivity index (χ2v) is 1.08. The summed E-state index contributed by atoms with van der Waals surface area (Å²) >= 11 is 0. The molecule has 0 saturated carbocycles. The summed E-state index contributed by atoms with van der Waals surface area (Å²) in [5, 5.41) is 15.2. The molecule has 0 amide bonds. The van der Waals surface area contributed by atoms with Crippen LogP contribution in [0.3, 0.4) is 0 Å².